The summed E-state index contributed by atoms with van der Waals surface area (Å²) < 4.78 is 18.0. The molecule has 4 aromatic rings. The minimum absolute atomic E-state index is 0.200. The summed E-state index contributed by atoms with van der Waals surface area (Å²) in [6.45, 7) is 3.21. The van der Waals surface area contributed by atoms with Crippen molar-refractivity contribution in [1.29, 1.82) is 5.26 Å². The molecule has 0 spiro atoms. The number of pyridine rings is 2. The van der Waals surface area contributed by atoms with E-state index in [0.717, 1.165) is 24.4 Å². The van der Waals surface area contributed by atoms with Crippen LogP contribution in [0.15, 0.2) is 43.0 Å². The van der Waals surface area contributed by atoms with E-state index in [0.29, 0.717) is 23.4 Å². The Bertz CT molecular complexity index is 1150. The van der Waals surface area contributed by atoms with Crippen molar-refractivity contribution in [2.75, 3.05) is 0 Å². The van der Waals surface area contributed by atoms with E-state index in [1.54, 1.807) is 30.7 Å². The van der Waals surface area contributed by atoms with Crippen LogP contribution in [0.2, 0.25) is 0 Å². The molecule has 0 radical (unpaired) electrons. The van der Waals surface area contributed by atoms with Gasteiger partial charge in [-0.05, 0) is 24.6 Å². The van der Waals surface area contributed by atoms with E-state index in [2.05, 4.69) is 32.9 Å². The van der Waals surface area contributed by atoms with Crippen LogP contribution < -0.4 is 0 Å². The molecule has 0 amide bonds. The van der Waals surface area contributed by atoms with Crippen LogP contribution >= 0.6 is 0 Å². The molecule has 0 unspecified atom stereocenters. The smallest absolute Gasteiger partial charge is 0.162 e. The van der Waals surface area contributed by atoms with Gasteiger partial charge in [0.2, 0.25) is 0 Å². The van der Waals surface area contributed by atoms with E-state index >= 15 is 0 Å². The SMILES string of the molecule is CCCn1c(Cn2ccnc2-c2ncccc2F)nc2cc(C#N)cnc21. The third-order valence-electron chi connectivity index (χ3n) is 4.24. The van der Waals surface area contributed by atoms with Gasteiger partial charge in [0.05, 0.1) is 12.1 Å². The Morgan fingerprint density at radius 2 is 2.11 bits per heavy atom. The van der Waals surface area contributed by atoms with Crippen molar-refractivity contribution in [3.63, 3.8) is 0 Å². The molecular formula is C19H16FN7. The zero-order valence-electron chi connectivity index (χ0n) is 14.7. The minimum atomic E-state index is -0.424. The van der Waals surface area contributed by atoms with Crippen molar-refractivity contribution in [3.8, 4) is 17.6 Å². The van der Waals surface area contributed by atoms with Crippen LogP contribution in [0.3, 0.4) is 0 Å². The Kier molecular flexibility index (Phi) is 4.34. The second kappa shape index (κ2) is 6.96. The number of imidazole rings is 2. The molecule has 0 aliphatic rings. The summed E-state index contributed by atoms with van der Waals surface area (Å²) in [6, 6.07) is 6.72. The lowest BCUT2D eigenvalue weighted by Crippen LogP contribution is -2.10. The summed E-state index contributed by atoms with van der Waals surface area (Å²) in [7, 11) is 0. The van der Waals surface area contributed by atoms with Gasteiger partial charge in [0.25, 0.3) is 0 Å². The highest BCUT2D eigenvalue weighted by atomic mass is 19.1. The number of aromatic nitrogens is 6. The highest BCUT2D eigenvalue weighted by molar-refractivity contribution is 5.73. The Hall–Kier alpha value is -3.60. The number of halogens is 1. The standard InChI is InChI=1S/C19H16FN7/c1-2-7-27-16(25-15-9-13(10-21)11-24-18(15)27)12-26-8-6-23-19(26)17-14(20)4-3-5-22-17/h3-6,8-9,11H,2,7,12H2,1H3. The molecule has 0 aliphatic carbocycles. The van der Waals surface area contributed by atoms with E-state index in [9.17, 15) is 4.39 Å². The molecule has 27 heavy (non-hydrogen) atoms. The molecule has 4 aromatic heterocycles. The molecule has 0 N–H and O–H groups in total. The van der Waals surface area contributed by atoms with Gasteiger partial charge in [-0.15, -0.1) is 0 Å². The van der Waals surface area contributed by atoms with Crippen LogP contribution in [0, 0.1) is 17.1 Å². The maximum atomic E-state index is 14.1. The number of nitrogens with zero attached hydrogens (tertiary/aromatic N) is 7. The Labute approximate surface area is 154 Å². The second-order valence-corrected chi connectivity index (χ2v) is 6.07. The molecule has 0 atom stereocenters. The Balaban J connectivity index is 1.79. The average Bonchev–Trinajstić information content (AvgIpc) is 3.27. The summed E-state index contributed by atoms with van der Waals surface area (Å²) in [5.41, 5.74) is 2.07. The van der Waals surface area contributed by atoms with Gasteiger partial charge in [-0.2, -0.15) is 5.26 Å². The van der Waals surface area contributed by atoms with Crippen LogP contribution in [-0.2, 0) is 13.1 Å². The highest BCUT2D eigenvalue weighted by Gasteiger charge is 2.17. The van der Waals surface area contributed by atoms with Crippen molar-refractivity contribution >= 4 is 11.2 Å². The van der Waals surface area contributed by atoms with E-state index < -0.39 is 5.82 Å². The van der Waals surface area contributed by atoms with Crippen molar-refractivity contribution in [3.05, 3.63) is 60.2 Å². The molecule has 4 heterocycles. The van der Waals surface area contributed by atoms with Crippen LogP contribution in [0.1, 0.15) is 24.7 Å². The predicted molar refractivity (Wildman–Crippen MR) is 97.1 cm³/mol. The van der Waals surface area contributed by atoms with Crippen LogP contribution in [0.5, 0.6) is 0 Å². The predicted octanol–water partition coefficient (Wildman–Crippen LogP) is 3.16. The van der Waals surface area contributed by atoms with Crippen molar-refractivity contribution in [1.82, 2.24) is 29.1 Å². The van der Waals surface area contributed by atoms with E-state index in [1.807, 2.05) is 9.13 Å². The summed E-state index contributed by atoms with van der Waals surface area (Å²) in [5, 5.41) is 9.09. The quantitative estimate of drug-likeness (QED) is 0.545. The Morgan fingerprint density at radius 3 is 2.89 bits per heavy atom. The van der Waals surface area contributed by atoms with Gasteiger partial charge >= 0.3 is 0 Å². The largest absolute Gasteiger partial charge is 0.322 e. The number of nitriles is 1. The molecule has 134 valence electrons. The lowest BCUT2D eigenvalue weighted by atomic mass is 10.3. The topological polar surface area (TPSA) is 85.2 Å². The summed E-state index contributed by atoms with van der Waals surface area (Å²) in [4.78, 5) is 17.4. The van der Waals surface area contributed by atoms with E-state index in [4.69, 9.17) is 5.26 Å². The molecule has 8 heteroatoms. The van der Waals surface area contributed by atoms with Gasteiger partial charge in [-0.1, -0.05) is 6.92 Å². The first-order chi connectivity index (χ1) is 13.2. The number of hydrogen-bond acceptors (Lipinski definition) is 5. The summed E-state index contributed by atoms with van der Waals surface area (Å²) in [6.07, 6.45) is 7.38. The first-order valence-corrected chi connectivity index (χ1v) is 8.58. The van der Waals surface area contributed by atoms with E-state index in [1.165, 1.54) is 12.3 Å². The van der Waals surface area contributed by atoms with Gasteiger partial charge in [0.1, 0.15) is 23.1 Å². The fourth-order valence-electron chi connectivity index (χ4n) is 3.05. The van der Waals surface area contributed by atoms with Crippen LogP contribution in [0.4, 0.5) is 4.39 Å². The third kappa shape index (κ3) is 3.04. The number of rotatable bonds is 5. The number of aryl methyl sites for hydroxylation is 1. The zero-order chi connectivity index (χ0) is 18.8. The molecule has 4 rings (SSSR count). The first-order valence-electron chi connectivity index (χ1n) is 8.58. The second-order valence-electron chi connectivity index (χ2n) is 6.07. The molecule has 0 fully saturated rings. The molecule has 0 aromatic carbocycles. The van der Waals surface area contributed by atoms with Gasteiger partial charge in [0, 0.05) is 31.3 Å². The maximum Gasteiger partial charge on any atom is 0.162 e. The van der Waals surface area contributed by atoms with Crippen LogP contribution in [0.25, 0.3) is 22.7 Å². The van der Waals surface area contributed by atoms with Gasteiger partial charge in [0.15, 0.2) is 17.3 Å². The normalized spacial score (nSPS) is 11.0. The van der Waals surface area contributed by atoms with Gasteiger partial charge < -0.3 is 9.13 Å². The maximum absolute atomic E-state index is 14.1. The van der Waals surface area contributed by atoms with Gasteiger partial charge in [-0.25, -0.2) is 24.3 Å². The number of fused-ring (bicyclic) bond motifs is 1. The highest BCUT2D eigenvalue weighted by Crippen LogP contribution is 2.21. The fourth-order valence-corrected chi connectivity index (χ4v) is 3.05. The molecule has 0 saturated carbocycles. The molecule has 0 bridgehead atoms. The summed E-state index contributed by atoms with van der Waals surface area (Å²) >= 11 is 0. The first kappa shape index (κ1) is 16.8. The monoisotopic (exact) mass is 361 g/mol. The Morgan fingerprint density at radius 1 is 1.22 bits per heavy atom. The number of hydrogen-bond donors (Lipinski definition) is 0. The van der Waals surface area contributed by atoms with Crippen LogP contribution in [-0.4, -0.2) is 29.1 Å². The van der Waals surface area contributed by atoms with E-state index in [-0.39, 0.29) is 5.69 Å². The molecule has 0 aliphatic heterocycles. The lowest BCUT2D eigenvalue weighted by Gasteiger charge is -2.10. The zero-order valence-corrected chi connectivity index (χ0v) is 14.7. The van der Waals surface area contributed by atoms with Gasteiger partial charge in [-0.3, -0.25) is 0 Å². The fraction of sp³-hybridized carbons (Fsp3) is 0.211. The average molecular weight is 361 g/mol. The lowest BCUT2D eigenvalue weighted by molar-refractivity contribution is 0.611. The third-order valence-corrected chi connectivity index (χ3v) is 4.24. The summed E-state index contributed by atoms with van der Waals surface area (Å²) in [5.74, 6) is 0.784. The minimum Gasteiger partial charge on any atom is -0.322 e. The van der Waals surface area contributed by atoms with Crippen molar-refractivity contribution in [2.24, 2.45) is 0 Å². The van der Waals surface area contributed by atoms with Crippen molar-refractivity contribution in [2.45, 2.75) is 26.4 Å². The molecule has 0 saturated heterocycles. The van der Waals surface area contributed by atoms with Crippen molar-refractivity contribution < 1.29 is 4.39 Å². The molecule has 7 nitrogen and oxygen atoms in total. The molecular weight excluding hydrogens is 345 g/mol.